The van der Waals surface area contributed by atoms with E-state index in [4.69, 9.17) is 11.6 Å². The molecular weight excluding hydrogens is 286 g/mol. The van der Waals surface area contributed by atoms with Gasteiger partial charge in [0.1, 0.15) is 0 Å². The van der Waals surface area contributed by atoms with E-state index in [1.807, 2.05) is 6.26 Å². The van der Waals surface area contributed by atoms with Crippen LogP contribution in [-0.4, -0.2) is 29.0 Å². The Hall–Kier alpha value is -1.20. The van der Waals surface area contributed by atoms with Gasteiger partial charge in [0.25, 0.3) is 0 Å². The number of halogens is 1. The van der Waals surface area contributed by atoms with Crippen molar-refractivity contribution in [2.75, 3.05) is 12.0 Å². The largest absolute Gasteiger partial charge is 0.479 e. The molecule has 6 heteroatoms. The summed E-state index contributed by atoms with van der Waals surface area (Å²) in [7, 11) is 0. The number of carboxylic acids is 1. The molecule has 1 aromatic rings. The maximum Gasteiger partial charge on any atom is 0.330 e. The van der Waals surface area contributed by atoms with E-state index in [0.29, 0.717) is 16.3 Å². The van der Waals surface area contributed by atoms with Gasteiger partial charge in [-0.3, -0.25) is 4.79 Å². The highest BCUT2D eigenvalue weighted by Gasteiger charge is 2.24. The van der Waals surface area contributed by atoms with Gasteiger partial charge in [-0.2, -0.15) is 11.8 Å². The maximum atomic E-state index is 11.9. The van der Waals surface area contributed by atoms with Gasteiger partial charge in [0.05, 0.1) is 0 Å². The van der Waals surface area contributed by atoms with Crippen molar-refractivity contribution in [2.45, 2.75) is 13.0 Å². The average molecular weight is 302 g/mol. The van der Waals surface area contributed by atoms with Crippen LogP contribution in [-0.2, 0) is 9.59 Å². The first-order valence-corrected chi connectivity index (χ1v) is 7.50. The molecule has 2 unspecified atom stereocenters. The van der Waals surface area contributed by atoms with E-state index in [-0.39, 0.29) is 11.8 Å². The van der Waals surface area contributed by atoms with Crippen molar-refractivity contribution in [3.8, 4) is 0 Å². The van der Waals surface area contributed by atoms with Crippen LogP contribution in [0, 0.1) is 5.92 Å². The third-order valence-electron chi connectivity index (χ3n) is 2.60. The molecule has 104 valence electrons. The van der Waals surface area contributed by atoms with Crippen LogP contribution >= 0.6 is 23.4 Å². The molecule has 1 aromatic carbocycles. The van der Waals surface area contributed by atoms with Gasteiger partial charge in [-0.1, -0.05) is 30.7 Å². The number of thioether (sulfide) groups is 1. The summed E-state index contributed by atoms with van der Waals surface area (Å²) in [5.74, 6) is -0.938. The van der Waals surface area contributed by atoms with E-state index in [9.17, 15) is 14.7 Å². The lowest BCUT2D eigenvalue weighted by Crippen LogP contribution is -2.37. The zero-order valence-corrected chi connectivity index (χ0v) is 12.3. The van der Waals surface area contributed by atoms with Crippen LogP contribution < -0.4 is 5.32 Å². The summed E-state index contributed by atoms with van der Waals surface area (Å²) in [5, 5.41) is 12.3. The van der Waals surface area contributed by atoms with Crippen LogP contribution in [0.15, 0.2) is 24.3 Å². The van der Waals surface area contributed by atoms with Crippen molar-refractivity contribution in [3.63, 3.8) is 0 Å². The zero-order valence-electron chi connectivity index (χ0n) is 10.7. The zero-order chi connectivity index (χ0) is 14.4. The normalized spacial score (nSPS) is 13.6. The number of benzene rings is 1. The summed E-state index contributed by atoms with van der Waals surface area (Å²) in [6, 6.07) is 5.35. The number of hydrogen-bond acceptors (Lipinski definition) is 3. The highest BCUT2D eigenvalue weighted by molar-refractivity contribution is 7.98. The number of hydrogen-bond donors (Lipinski definition) is 2. The van der Waals surface area contributed by atoms with Crippen molar-refractivity contribution in [1.82, 2.24) is 5.32 Å². The average Bonchev–Trinajstić information content (AvgIpc) is 2.37. The first-order valence-electron chi connectivity index (χ1n) is 5.73. The number of nitrogens with one attached hydrogen (secondary N) is 1. The Kier molecular flexibility index (Phi) is 6.18. The van der Waals surface area contributed by atoms with Crippen LogP contribution in [0.3, 0.4) is 0 Å². The first-order chi connectivity index (χ1) is 8.95. The molecule has 4 nitrogen and oxygen atoms in total. The monoisotopic (exact) mass is 301 g/mol. The Bertz CT molecular complexity index is 450. The van der Waals surface area contributed by atoms with Gasteiger partial charge in [0, 0.05) is 16.7 Å². The van der Waals surface area contributed by atoms with Gasteiger partial charge < -0.3 is 10.4 Å². The van der Waals surface area contributed by atoms with Crippen molar-refractivity contribution in [2.24, 2.45) is 5.92 Å². The Balaban J connectivity index is 2.82. The standard InChI is InChI=1S/C13H16ClNO3S/c1-8(7-19-2)12(16)15-11(13(17)18)9-3-5-10(14)6-4-9/h3-6,8,11H,7H2,1-2H3,(H,15,16)(H,17,18). The summed E-state index contributed by atoms with van der Waals surface area (Å²) >= 11 is 7.30. The van der Waals surface area contributed by atoms with Gasteiger partial charge in [-0.15, -0.1) is 0 Å². The fraction of sp³-hybridized carbons (Fsp3) is 0.385. The van der Waals surface area contributed by atoms with Gasteiger partial charge in [-0.25, -0.2) is 4.79 Å². The number of aliphatic carboxylic acids is 1. The number of rotatable bonds is 6. The maximum absolute atomic E-state index is 11.9. The number of carbonyl (C=O) groups excluding carboxylic acids is 1. The summed E-state index contributed by atoms with van der Waals surface area (Å²) in [5.41, 5.74) is 0.501. The lowest BCUT2D eigenvalue weighted by molar-refractivity contribution is -0.142. The summed E-state index contributed by atoms with van der Waals surface area (Å²) in [6.45, 7) is 1.77. The van der Waals surface area contributed by atoms with E-state index in [1.165, 1.54) is 0 Å². The number of carbonyl (C=O) groups is 2. The molecule has 0 bridgehead atoms. The second kappa shape index (κ2) is 7.40. The van der Waals surface area contributed by atoms with Crippen LogP contribution in [0.5, 0.6) is 0 Å². The molecule has 0 fully saturated rings. The molecule has 1 rings (SSSR count). The van der Waals surface area contributed by atoms with Gasteiger partial charge in [0.15, 0.2) is 6.04 Å². The van der Waals surface area contributed by atoms with Gasteiger partial charge >= 0.3 is 5.97 Å². The fourth-order valence-electron chi connectivity index (χ4n) is 1.55. The summed E-state index contributed by atoms with van der Waals surface area (Å²) in [6.07, 6.45) is 1.90. The smallest absolute Gasteiger partial charge is 0.330 e. The molecule has 0 heterocycles. The van der Waals surface area contributed by atoms with E-state index < -0.39 is 12.0 Å². The molecular formula is C13H16ClNO3S. The molecule has 19 heavy (non-hydrogen) atoms. The predicted octanol–water partition coefficient (Wildman–Crippen LogP) is 2.58. The Morgan fingerprint density at radius 1 is 1.37 bits per heavy atom. The first kappa shape index (κ1) is 15.9. The number of carboxylic acid groups (broad SMARTS) is 1. The van der Waals surface area contributed by atoms with Crippen molar-refractivity contribution in [1.29, 1.82) is 0 Å². The SMILES string of the molecule is CSCC(C)C(=O)NC(C(=O)O)c1ccc(Cl)cc1. The number of amides is 1. The molecule has 0 aliphatic carbocycles. The lowest BCUT2D eigenvalue weighted by atomic mass is 10.1. The van der Waals surface area contributed by atoms with E-state index in [2.05, 4.69) is 5.32 Å². The van der Waals surface area contributed by atoms with Gasteiger partial charge in [0.2, 0.25) is 5.91 Å². The Morgan fingerprint density at radius 3 is 2.42 bits per heavy atom. The lowest BCUT2D eigenvalue weighted by Gasteiger charge is -2.17. The van der Waals surface area contributed by atoms with E-state index in [1.54, 1.807) is 43.0 Å². The summed E-state index contributed by atoms with van der Waals surface area (Å²) in [4.78, 5) is 23.1. The fourth-order valence-corrected chi connectivity index (χ4v) is 2.33. The minimum atomic E-state index is -1.09. The molecule has 2 atom stereocenters. The van der Waals surface area contributed by atoms with Crippen molar-refractivity contribution in [3.05, 3.63) is 34.9 Å². The van der Waals surface area contributed by atoms with Gasteiger partial charge in [-0.05, 0) is 24.0 Å². The molecule has 0 aliphatic rings. The third kappa shape index (κ3) is 4.76. The van der Waals surface area contributed by atoms with Crippen molar-refractivity contribution < 1.29 is 14.7 Å². The van der Waals surface area contributed by atoms with E-state index in [0.717, 1.165) is 0 Å². The van der Waals surface area contributed by atoms with E-state index >= 15 is 0 Å². The Morgan fingerprint density at radius 2 is 1.95 bits per heavy atom. The van der Waals surface area contributed by atoms with Crippen LogP contribution in [0.4, 0.5) is 0 Å². The highest BCUT2D eigenvalue weighted by atomic mass is 35.5. The topological polar surface area (TPSA) is 66.4 Å². The Labute approximate surface area is 121 Å². The van der Waals surface area contributed by atoms with Crippen molar-refractivity contribution >= 4 is 35.2 Å². The molecule has 0 saturated carbocycles. The third-order valence-corrected chi connectivity index (χ3v) is 3.69. The molecule has 0 aliphatic heterocycles. The molecule has 0 saturated heterocycles. The predicted molar refractivity (Wildman–Crippen MR) is 77.5 cm³/mol. The van der Waals surface area contributed by atoms with Crippen LogP contribution in [0.1, 0.15) is 18.5 Å². The quantitative estimate of drug-likeness (QED) is 0.847. The second-order valence-electron chi connectivity index (χ2n) is 4.19. The minimum absolute atomic E-state index is 0.232. The molecule has 0 radical (unpaired) electrons. The summed E-state index contributed by atoms with van der Waals surface area (Å²) < 4.78 is 0. The minimum Gasteiger partial charge on any atom is -0.479 e. The second-order valence-corrected chi connectivity index (χ2v) is 5.53. The molecule has 2 N–H and O–H groups in total. The van der Waals surface area contributed by atoms with Crippen LogP contribution in [0.25, 0.3) is 0 Å². The van der Waals surface area contributed by atoms with Crippen LogP contribution in [0.2, 0.25) is 5.02 Å². The molecule has 1 amide bonds. The molecule has 0 spiro atoms. The highest BCUT2D eigenvalue weighted by Crippen LogP contribution is 2.18. The molecule has 0 aromatic heterocycles.